The first kappa shape index (κ1) is 22.2. The van der Waals surface area contributed by atoms with E-state index in [4.69, 9.17) is 11.6 Å². The molecule has 0 radical (unpaired) electrons. The van der Waals surface area contributed by atoms with Crippen LogP contribution in [-0.4, -0.2) is 28.6 Å². The zero-order valence-corrected chi connectivity index (χ0v) is 17.5. The number of nitrogens with one attached hydrogen (secondary N) is 2. The largest absolute Gasteiger partial charge is 0.504 e. The fraction of sp³-hybridized carbons (Fsp3) is 0.167. The van der Waals surface area contributed by atoms with E-state index in [1.165, 1.54) is 12.1 Å². The van der Waals surface area contributed by atoms with Crippen LogP contribution in [0.2, 0.25) is 5.02 Å². The number of hydrogen-bond donors (Lipinski definition) is 4. The molecule has 0 saturated heterocycles. The summed E-state index contributed by atoms with van der Waals surface area (Å²) < 4.78 is 0. The van der Waals surface area contributed by atoms with E-state index in [1.807, 2.05) is 30.3 Å². The Balaban J connectivity index is 1.63. The number of phenols is 2. The number of phenolic OH excluding ortho intramolecular Hbond substituents is 2. The molecule has 7 heteroatoms. The van der Waals surface area contributed by atoms with Crippen LogP contribution in [-0.2, 0) is 11.2 Å². The first-order valence-electron chi connectivity index (χ1n) is 9.82. The summed E-state index contributed by atoms with van der Waals surface area (Å²) in [7, 11) is 0. The molecule has 1 unspecified atom stereocenters. The quantitative estimate of drug-likeness (QED) is 0.400. The Morgan fingerprint density at radius 1 is 0.903 bits per heavy atom. The normalized spacial score (nSPS) is 11.5. The molecule has 160 valence electrons. The van der Waals surface area contributed by atoms with Crippen molar-refractivity contribution in [2.75, 3.05) is 6.54 Å². The molecule has 6 nitrogen and oxygen atoms in total. The SMILES string of the molecule is O=C(CC(NC(=O)c1ccccc1Cl)c1ccccc1)NCCc1ccc(O)c(O)c1. The molecular formula is C24H23ClN2O4. The summed E-state index contributed by atoms with van der Waals surface area (Å²) in [4.78, 5) is 25.3. The highest BCUT2D eigenvalue weighted by Gasteiger charge is 2.20. The fourth-order valence-corrected chi connectivity index (χ4v) is 3.37. The van der Waals surface area contributed by atoms with Gasteiger partial charge in [0.15, 0.2) is 11.5 Å². The predicted molar refractivity (Wildman–Crippen MR) is 119 cm³/mol. The number of halogens is 1. The topological polar surface area (TPSA) is 98.7 Å². The molecule has 0 fully saturated rings. The van der Waals surface area contributed by atoms with Gasteiger partial charge in [0.25, 0.3) is 5.91 Å². The Morgan fingerprint density at radius 3 is 2.32 bits per heavy atom. The Morgan fingerprint density at radius 2 is 1.61 bits per heavy atom. The molecule has 3 aromatic carbocycles. The lowest BCUT2D eigenvalue weighted by atomic mass is 10.0. The Bertz CT molecular complexity index is 1060. The lowest BCUT2D eigenvalue weighted by molar-refractivity contribution is -0.121. The fourth-order valence-electron chi connectivity index (χ4n) is 3.15. The highest BCUT2D eigenvalue weighted by molar-refractivity contribution is 6.33. The molecule has 0 spiro atoms. The van der Waals surface area contributed by atoms with Gasteiger partial charge in [-0.05, 0) is 41.8 Å². The highest BCUT2D eigenvalue weighted by atomic mass is 35.5. The summed E-state index contributed by atoms with van der Waals surface area (Å²) in [5.41, 5.74) is 1.93. The number of hydrogen-bond acceptors (Lipinski definition) is 4. The molecule has 2 amide bonds. The van der Waals surface area contributed by atoms with Crippen molar-refractivity contribution in [3.05, 3.63) is 94.5 Å². The predicted octanol–water partition coefficient (Wildman–Crippen LogP) is 3.97. The van der Waals surface area contributed by atoms with Crippen LogP contribution in [0.5, 0.6) is 11.5 Å². The van der Waals surface area contributed by atoms with E-state index >= 15 is 0 Å². The standard InChI is InChI=1S/C24H23ClN2O4/c25-19-9-5-4-8-18(19)24(31)27-20(17-6-2-1-3-7-17)15-23(30)26-13-12-16-10-11-21(28)22(29)14-16/h1-11,14,20,28-29H,12-13,15H2,(H,26,30)(H,27,31). The van der Waals surface area contributed by atoms with Gasteiger partial charge in [0.1, 0.15) is 0 Å². The molecule has 0 bridgehead atoms. The Kier molecular flexibility index (Phi) is 7.51. The van der Waals surface area contributed by atoms with Crippen molar-refractivity contribution in [1.29, 1.82) is 0 Å². The van der Waals surface area contributed by atoms with Gasteiger partial charge < -0.3 is 20.8 Å². The molecule has 0 aromatic heterocycles. The summed E-state index contributed by atoms with van der Waals surface area (Å²) in [5.74, 6) is -0.967. The molecular weight excluding hydrogens is 416 g/mol. The van der Waals surface area contributed by atoms with Gasteiger partial charge in [-0.2, -0.15) is 0 Å². The monoisotopic (exact) mass is 438 g/mol. The third kappa shape index (κ3) is 6.23. The van der Waals surface area contributed by atoms with Gasteiger partial charge in [-0.25, -0.2) is 0 Å². The summed E-state index contributed by atoms with van der Waals surface area (Å²) in [6, 6.07) is 20.0. The molecule has 4 N–H and O–H groups in total. The van der Waals surface area contributed by atoms with Gasteiger partial charge >= 0.3 is 0 Å². The van der Waals surface area contributed by atoms with Crippen molar-refractivity contribution in [3.63, 3.8) is 0 Å². The maximum absolute atomic E-state index is 12.7. The molecule has 0 aliphatic heterocycles. The van der Waals surface area contributed by atoms with E-state index in [2.05, 4.69) is 10.6 Å². The first-order valence-corrected chi connectivity index (χ1v) is 10.2. The van der Waals surface area contributed by atoms with E-state index in [0.29, 0.717) is 23.6 Å². The number of rotatable bonds is 8. The zero-order chi connectivity index (χ0) is 22.2. The van der Waals surface area contributed by atoms with Crippen LogP contribution >= 0.6 is 11.6 Å². The third-order valence-electron chi connectivity index (χ3n) is 4.79. The van der Waals surface area contributed by atoms with Gasteiger partial charge in [0, 0.05) is 6.54 Å². The van der Waals surface area contributed by atoms with Crippen LogP contribution in [0.15, 0.2) is 72.8 Å². The maximum atomic E-state index is 12.7. The second kappa shape index (κ2) is 10.5. The lowest BCUT2D eigenvalue weighted by Crippen LogP contribution is -2.34. The van der Waals surface area contributed by atoms with Crippen LogP contribution in [0.1, 0.15) is 33.9 Å². The molecule has 0 heterocycles. The number of benzene rings is 3. The maximum Gasteiger partial charge on any atom is 0.253 e. The van der Waals surface area contributed by atoms with Gasteiger partial charge in [-0.15, -0.1) is 0 Å². The average molecular weight is 439 g/mol. The lowest BCUT2D eigenvalue weighted by Gasteiger charge is -2.19. The van der Waals surface area contributed by atoms with Gasteiger partial charge in [-0.1, -0.05) is 60.1 Å². The van der Waals surface area contributed by atoms with E-state index in [1.54, 1.807) is 30.3 Å². The summed E-state index contributed by atoms with van der Waals surface area (Å²) in [5, 5.41) is 25.0. The average Bonchev–Trinajstić information content (AvgIpc) is 2.76. The van der Waals surface area contributed by atoms with Crippen molar-refractivity contribution in [1.82, 2.24) is 10.6 Å². The number of amides is 2. The summed E-state index contributed by atoms with van der Waals surface area (Å²) >= 11 is 6.13. The van der Waals surface area contributed by atoms with Gasteiger partial charge in [-0.3, -0.25) is 9.59 Å². The van der Waals surface area contributed by atoms with Gasteiger partial charge in [0.05, 0.1) is 23.0 Å². The zero-order valence-electron chi connectivity index (χ0n) is 16.7. The van der Waals surface area contributed by atoms with Crippen LogP contribution < -0.4 is 10.6 Å². The number of aromatic hydroxyl groups is 2. The number of carbonyl (C=O) groups is 2. The summed E-state index contributed by atoms with van der Waals surface area (Å²) in [6.07, 6.45) is 0.544. The molecule has 31 heavy (non-hydrogen) atoms. The Labute approximate surface area is 185 Å². The number of carbonyl (C=O) groups excluding carboxylic acids is 2. The van der Waals surface area contributed by atoms with Crippen molar-refractivity contribution >= 4 is 23.4 Å². The molecule has 3 aromatic rings. The molecule has 0 aliphatic rings. The minimum absolute atomic E-state index is 0.0566. The van der Waals surface area contributed by atoms with E-state index in [9.17, 15) is 19.8 Å². The third-order valence-corrected chi connectivity index (χ3v) is 5.12. The molecule has 0 saturated carbocycles. The smallest absolute Gasteiger partial charge is 0.253 e. The first-order chi connectivity index (χ1) is 14.9. The van der Waals surface area contributed by atoms with E-state index in [-0.39, 0.29) is 29.7 Å². The molecule has 0 aliphatic carbocycles. The second-order valence-corrected chi connectivity index (χ2v) is 7.45. The van der Waals surface area contributed by atoms with Crippen molar-refractivity contribution < 1.29 is 19.8 Å². The van der Waals surface area contributed by atoms with E-state index in [0.717, 1.165) is 11.1 Å². The van der Waals surface area contributed by atoms with Crippen LogP contribution in [0.25, 0.3) is 0 Å². The van der Waals surface area contributed by atoms with Crippen LogP contribution in [0.3, 0.4) is 0 Å². The van der Waals surface area contributed by atoms with Crippen molar-refractivity contribution in [3.8, 4) is 11.5 Å². The Hall–Kier alpha value is -3.51. The highest BCUT2D eigenvalue weighted by Crippen LogP contribution is 2.25. The molecule has 1 atom stereocenters. The van der Waals surface area contributed by atoms with Crippen molar-refractivity contribution in [2.24, 2.45) is 0 Å². The van der Waals surface area contributed by atoms with Gasteiger partial charge in [0.2, 0.25) is 5.91 Å². The van der Waals surface area contributed by atoms with E-state index < -0.39 is 6.04 Å². The van der Waals surface area contributed by atoms with Crippen LogP contribution in [0, 0.1) is 0 Å². The van der Waals surface area contributed by atoms with Crippen LogP contribution in [0.4, 0.5) is 0 Å². The minimum atomic E-state index is -0.525. The minimum Gasteiger partial charge on any atom is -0.504 e. The van der Waals surface area contributed by atoms with Crippen molar-refractivity contribution in [2.45, 2.75) is 18.9 Å². The molecule has 3 rings (SSSR count). The summed E-state index contributed by atoms with van der Waals surface area (Å²) in [6.45, 7) is 0.350. The second-order valence-electron chi connectivity index (χ2n) is 7.04.